The molecule has 1 aromatic carbocycles. The molecule has 9 N–H and O–H groups in total. The van der Waals surface area contributed by atoms with E-state index in [1.54, 1.807) is 39.8 Å². The van der Waals surface area contributed by atoms with Gasteiger partial charge in [-0.15, -0.1) is 0 Å². The number of imidazole rings is 1. The lowest BCUT2D eigenvalue weighted by atomic mass is 9.98. The predicted octanol–water partition coefficient (Wildman–Crippen LogP) is -0.0370. The van der Waals surface area contributed by atoms with Crippen LogP contribution in [-0.4, -0.2) is 121 Å². The third-order valence-electron chi connectivity index (χ3n) is 9.20. The molecular weight excluding hydrogens is 705 g/mol. The van der Waals surface area contributed by atoms with Gasteiger partial charge in [0.2, 0.25) is 23.6 Å². The Bertz CT molecular complexity index is 1530. The lowest BCUT2D eigenvalue weighted by molar-refractivity contribution is -0.147. The first-order chi connectivity index (χ1) is 25.1. The van der Waals surface area contributed by atoms with E-state index in [4.69, 9.17) is 5.73 Å². The van der Waals surface area contributed by atoms with E-state index in [-0.39, 0.29) is 38.1 Å². The number of carbonyl (C=O) groups excluding carboxylic acids is 5. The van der Waals surface area contributed by atoms with Gasteiger partial charge in [-0.05, 0) is 55.1 Å². The lowest BCUT2D eigenvalue weighted by Crippen LogP contribution is -2.60. The molecule has 1 saturated heterocycles. The maximum atomic E-state index is 13.8. The summed E-state index contributed by atoms with van der Waals surface area (Å²) in [7, 11) is 0. The molecule has 292 valence electrons. The van der Waals surface area contributed by atoms with Crippen LogP contribution in [0.1, 0.15) is 58.2 Å². The van der Waals surface area contributed by atoms with Crippen LogP contribution in [0, 0.1) is 11.8 Å². The van der Waals surface area contributed by atoms with Crippen LogP contribution in [0.4, 0.5) is 0 Å². The summed E-state index contributed by atoms with van der Waals surface area (Å²) in [6.45, 7) is 7.17. The number of nitrogens with one attached hydrogen (secondary N) is 5. The zero-order valence-corrected chi connectivity index (χ0v) is 31.7. The average molecular weight is 759 g/mol. The first-order valence-corrected chi connectivity index (χ1v) is 19.2. The Morgan fingerprint density at radius 3 is 2.21 bits per heavy atom. The van der Waals surface area contributed by atoms with Gasteiger partial charge >= 0.3 is 5.97 Å². The van der Waals surface area contributed by atoms with E-state index >= 15 is 0 Å². The molecule has 1 aromatic heterocycles. The molecule has 53 heavy (non-hydrogen) atoms. The highest BCUT2D eigenvalue weighted by Crippen LogP contribution is 2.21. The molecule has 2 aromatic rings. The highest BCUT2D eigenvalue weighted by molar-refractivity contribution is 7.98. The second-order valence-electron chi connectivity index (χ2n) is 14.0. The normalized spacial score (nSPS) is 17.7. The molecule has 2 heterocycles. The number of likely N-dealkylation sites (tertiary alicyclic amines) is 1. The number of thioether (sulfide) groups is 1. The van der Waals surface area contributed by atoms with Crippen molar-refractivity contribution in [1.29, 1.82) is 0 Å². The van der Waals surface area contributed by atoms with Crippen LogP contribution < -0.4 is 27.0 Å². The number of hydrogen-bond acceptors (Lipinski definition) is 10. The van der Waals surface area contributed by atoms with Crippen LogP contribution in [0.2, 0.25) is 0 Å². The number of aliphatic hydroxyl groups excluding tert-OH is 1. The number of aliphatic hydroxyl groups is 1. The Morgan fingerprint density at radius 2 is 1.62 bits per heavy atom. The van der Waals surface area contributed by atoms with Gasteiger partial charge in [0, 0.05) is 24.9 Å². The van der Waals surface area contributed by atoms with Crippen molar-refractivity contribution in [2.75, 3.05) is 18.6 Å². The molecule has 1 aliphatic heterocycles. The summed E-state index contributed by atoms with van der Waals surface area (Å²) in [4.78, 5) is 87.4. The van der Waals surface area contributed by atoms with Crippen LogP contribution in [0.3, 0.4) is 0 Å². The van der Waals surface area contributed by atoms with Crippen LogP contribution in [0.15, 0.2) is 42.9 Å². The maximum Gasteiger partial charge on any atom is 0.326 e. The van der Waals surface area contributed by atoms with Crippen LogP contribution in [0.5, 0.6) is 0 Å². The van der Waals surface area contributed by atoms with Gasteiger partial charge < -0.3 is 47.1 Å². The Morgan fingerprint density at radius 1 is 0.943 bits per heavy atom. The van der Waals surface area contributed by atoms with Crippen molar-refractivity contribution in [1.82, 2.24) is 36.1 Å². The number of nitrogens with two attached hydrogens (primary N) is 1. The van der Waals surface area contributed by atoms with E-state index < -0.39 is 83.8 Å². The van der Waals surface area contributed by atoms with Crippen LogP contribution in [-0.2, 0) is 41.6 Å². The fourth-order valence-corrected chi connectivity index (χ4v) is 6.45. The average Bonchev–Trinajstić information content (AvgIpc) is 3.83. The van der Waals surface area contributed by atoms with Crippen molar-refractivity contribution < 1.29 is 39.0 Å². The molecule has 5 amide bonds. The summed E-state index contributed by atoms with van der Waals surface area (Å²) in [5, 5.41) is 31.8. The summed E-state index contributed by atoms with van der Waals surface area (Å²) < 4.78 is 0. The number of benzene rings is 1. The molecule has 1 fully saturated rings. The minimum Gasteiger partial charge on any atom is -0.480 e. The Balaban J connectivity index is 1.74. The van der Waals surface area contributed by atoms with Gasteiger partial charge in [0.1, 0.15) is 24.2 Å². The summed E-state index contributed by atoms with van der Waals surface area (Å²) in [6, 6.07) is 2.63. The van der Waals surface area contributed by atoms with Crippen molar-refractivity contribution in [3.05, 3.63) is 54.1 Å². The second kappa shape index (κ2) is 20.7. The van der Waals surface area contributed by atoms with Crippen molar-refractivity contribution >= 4 is 47.3 Å². The van der Waals surface area contributed by atoms with Crippen LogP contribution >= 0.6 is 11.8 Å². The summed E-state index contributed by atoms with van der Waals surface area (Å²) >= 11 is 1.44. The molecule has 0 spiro atoms. The van der Waals surface area contributed by atoms with Gasteiger partial charge in [0.05, 0.1) is 18.4 Å². The van der Waals surface area contributed by atoms with E-state index in [2.05, 4.69) is 31.2 Å². The van der Waals surface area contributed by atoms with E-state index in [1.165, 1.54) is 29.2 Å². The van der Waals surface area contributed by atoms with Crippen molar-refractivity contribution in [3.63, 3.8) is 0 Å². The number of nitrogens with zero attached hydrogens (tertiary/aromatic N) is 2. The highest BCUT2D eigenvalue weighted by atomic mass is 32.2. The standard InChI is InChI=1S/C36H54N8O8S/c1-20(2)28(37)33(48)41-25(16-22-10-7-6-8-11-22)30(45)35(50)44-14-9-12-27(44)32(47)43-29(21(3)4)34(49)40-24(13-15-53-5)31(46)42-26(36(51)52)17-23-18-38-19-39-23/h6-8,10-11,18-21,24-30,45H,9,12-17,37H2,1-5H3,(H,38,39)(H,40,49)(H,41,48)(H,42,46)(H,43,47)(H,51,52)/t24-,25-,26-,27-,28-,29-,30-/m0/s1. The molecule has 0 radical (unpaired) electrons. The van der Waals surface area contributed by atoms with Crippen molar-refractivity contribution in [2.45, 2.75) is 102 Å². The summed E-state index contributed by atoms with van der Waals surface area (Å²) in [5.74, 6) is -4.64. The number of H-pyrrole nitrogens is 1. The maximum absolute atomic E-state index is 13.8. The number of aromatic nitrogens is 2. The molecule has 7 atom stereocenters. The third-order valence-corrected chi connectivity index (χ3v) is 9.85. The number of carboxylic acids is 1. The Hall–Kier alpha value is -4.48. The van der Waals surface area contributed by atoms with Crippen molar-refractivity contribution in [2.24, 2.45) is 17.6 Å². The van der Waals surface area contributed by atoms with Gasteiger partial charge in [-0.1, -0.05) is 58.0 Å². The second-order valence-corrected chi connectivity index (χ2v) is 14.9. The molecule has 0 saturated carbocycles. The molecule has 16 nitrogen and oxygen atoms in total. The molecule has 0 aliphatic carbocycles. The highest BCUT2D eigenvalue weighted by Gasteiger charge is 2.41. The molecule has 0 bridgehead atoms. The first-order valence-electron chi connectivity index (χ1n) is 17.8. The lowest BCUT2D eigenvalue weighted by Gasteiger charge is -2.32. The topological polar surface area (TPSA) is 249 Å². The minimum absolute atomic E-state index is 0.0505. The predicted molar refractivity (Wildman–Crippen MR) is 199 cm³/mol. The number of amides is 5. The van der Waals surface area contributed by atoms with Gasteiger partial charge in [-0.2, -0.15) is 11.8 Å². The SMILES string of the molecule is CSCC[C@H](NC(=O)[C@@H](NC(=O)[C@@H]1CCCN1C(=O)[C@@H](O)[C@H](Cc1ccccc1)NC(=O)[C@@H](N)C(C)C)C(C)C)C(=O)N[C@@H](Cc1cnc[nH]1)C(=O)O. The zero-order chi connectivity index (χ0) is 39.2. The monoisotopic (exact) mass is 758 g/mol. The number of carboxylic acid groups (broad SMARTS) is 1. The smallest absolute Gasteiger partial charge is 0.326 e. The fraction of sp³-hybridized carbons (Fsp3) is 0.583. The van der Waals surface area contributed by atoms with E-state index in [1.807, 2.05) is 24.5 Å². The number of hydrogen-bond donors (Lipinski definition) is 8. The fourth-order valence-electron chi connectivity index (χ4n) is 5.98. The van der Waals surface area contributed by atoms with Gasteiger partial charge in [0.25, 0.3) is 5.91 Å². The van der Waals surface area contributed by atoms with Gasteiger partial charge in [0.15, 0.2) is 6.10 Å². The summed E-state index contributed by atoms with van der Waals surface area (Å²) in [5.41, 5.74) is 7.33. The molecule has 17 heteroatoms. The third kappa shape index (κ3) is 12.6. The number of carbonyl (C=O) groups is 6. The quantitative estimate of drug-likeness (QED) is 0.0890. The van der Waals surface area contributed by atoms with E-state index in [9.17, 15) is 39.0 Å². The number of aliphatic carboxylic acids is 1. The minimum atomic E-state index is -1.70. The van der Waals surface area contributed by atoms with E-state index in [0.717, 1.165) is 5.56 Å². The summed E-state index contributed by atoms with van der Waals surface area (Å²) in [6.07, 6.45) is 3.99. The van der Waals surface area contributed by atoms with Gasteiger partial charge in [-0.3, -0.25) is 24.0 Å². The number of aromatic amines is 1. The Labute approximate surface area is 314 Å². The largest absolute Gasteiger partial charge is 0.480 e. The molecule has 3 rings (SSSR count). The zero-order valence-electron chi connectivity index (χ0n) is 30.9. The Kier molecular flexibility index (Phi) is 16.7. The van der Waals surface area contributed by atoms with Gasteiger partial charge in [-0.25, -0.2) is 9.78 Å². The van der Waals surface area contributed by atoms with E-state index in [0.29, 0.717) is 17.9 Å². The number of rotatable bonds is 20. The molecule has 0 unspecified atom stereocenters. The first kappa shape index (κ1) is 42.9. The van der Waals surface area contributed by atoms with Crippen LogP contribution in [0.25, 0.3) is 0 Å². The molecular formula is C36H54N8O8S. The molecule has 1 aliphatic rings. The van der Waals surface area contributed by atoms with Crippen molar-refractivity contribution in [3.8, 4) is 0 Å².